The summed E-state index contributed by atoms with van der Waals surface area (Å²) in [6.07, 6.45) is 9.27. The summed E-state index contributed by atoms with van der Waals surface area (Å²) >= 11 is 1.72. The summed E-state index contributed by atoms with van der Waals surface area (Å²) in [7, 11) is 0. The van der Waals surface area contributed by atoms with Crippen molar-refractivity contribution in [2.24, 2.45) is 0 Å². The van der Waals surface area contributed by atoms with E-state index in [1.165, 1.54) is 23.3 Å². The fraction of sp³-hybridized carbons (Fsp3) is 0.688. The third-order valence-corrected chi connectivity index (χ3v) is 5.69. The molecule has 0 radical (unpaired) electrons. The van der Waals surface area contributed by atoms with Crippen molar-refractivity contribution in [2.75, 3.05) is 0 Å². The lowest BCUT2D eigenvalue weighted by Gasteiger charge is -2.22. The molecule has 0 aromatic carbocycles. The minimum absolute atomic E-state index is 0.0235. The summed E-state index contributed by atoms with van der Waals surface area (Å²) in [5.41, 5.74) is 2.13. The zero-order valence-corrected chi connectivity index (χ0v) is 12.7. The molecule has 0 bridgehead atoms. The van der Waals surface area contributed by atoms with Crippen LogP contribution in [0.2, 0.25) is 0 Å². The van der Waals surface area contributed by atoms with Gasteiger partial charge in [-0.3, -0.25) is 4.79 Å². The number of hydrogen-bond acceptors (Lipinski definition) is 3. The number of hydrogen-bond donors (Lipinski definition) is 2. The molecule has 2 aliphatic rings. The zero-order valence-electron chi connectivity index (χ0n) is 11.9. The molecular formula is C16H23NO2S. The Bertz CT molecular complexity index is 483. The summed E-state index contributed by atoms with van der Waals surface area (Å²) in [6, 6.07) is -0.0656. The van der Waals surface area contributed by atoms with Gasteiger partial charge >= 0.3 is 0 Å². The van der Waals surface area contributed by atoms with Crippen molar-refractivity contribution >= 4 is 17.2 Å². The van der Waals surface area contributed by atoms with E-state index in [0.29, 0.717) is 0 Å². The van der Waals surface area contributed by atoms with Crippen LogP contribution in [0.5, 0.6) is 0 Å². The second-order valence-corrected chi connectivity index (χ2v) is 7.01. The minimum Gasteiger partial charge on any atom is -0.391 e. The van der Waals surface area contributed by atoms with Gasteiger partial charge in [0.05, 0.1) is 17.7 Å². The van der Waals surface area contributed by atoms with E-state index in [1.54, 1.807) is 11.3 Å². The topological polar surface area (TPSA) is 49.3 Å². The lowest BCUT2D eigenvalue weighted by Crippen LogP contribution is -2.42. The Kier molecular flexibility index (Phi) is 4.41. The van der Waals surface area contributed by atoms with Crippen molar-refractivity contribution in [3.63, 3.8) is 0 Å². The smallest absolute Gasteiger partial charge is 0.252 e. The second kappa shape index (κ2) is 6.27. The van der Waals surface area contributed by atoms with E-state index in [9.17, 15) is 9.90 Å². The first kappa shape index (κ1) is 14.1. The molecule has 0 saturated heterocycles. The molecule has 1 saturated carbocycles. The molecule has 1 amide bonds. The molecule has 1 aromatic heterocycles. The number of thiophene rings is 1. The summed E-state index contributed by atoms with van der Waals surface area (Å²) < 4.78 is 0. The highest BCUT2D eigenvalue weighted by atomic mass is 32.1. The molecule has 1 fully saturated rings. The molecule has 2 N–H and O–H groups in total. The largest absolute Gasteiger partial charge is 0.391 e. The van der Waals surface area contributed by atoms with Crippen LogP contribution in [0.1, 0.15) is 65.7 Å². The van der Waals surface area contributed by atoms with Crippen molar-refractivity contribution in [3.8, 4) is 0 Å². The molecule has 2 atom stereocenters. The van der Waals surface area contributed by atoms with Crippen LogP contribution in [0.25, 0.3) is 0 Å². The summed E-state index contributed by atoms with van der Waals surface area (Å²) in [4.78, 5) is 13.9. The van der Waals surface area contributed by atoms with Crippen molar-refractivity contribution < 1.29 is 9.90 Å². The van der Waals surface area contributed by atoms with Crippen LogP contribution >= 0.6 is 11.3 Å². The fourth-order valence-electron chi connectivity index (χ4n) is 3.39. The van der Waals surface area contributed by atoms with Gasteiger partial charge in [0.1, 0.15) is 0 Å². The molecule has 110 valence electrons. The average molecular weight is 293 g/mol. The monoisotopic (exact) mass is 293 g/mol. The van der Waals surface area contributed by atoms with Crippen LogP contribution in [-0.4, -0.2) is 23.2 Å². The Morgan fingerprint density at radius 1 is 1.15 bits per heavy atom. The maximum Gasteiger partial charge on any atom is 0.252 e. The number of fused-ring (bicyclic) bond motifs is 1. The van der Waals surface area contributed by atoms with Crippen molar-refractivity contribution in [3.05, 3.63) is 21.4 Å². The van der Waals surface area contributed by atoms with Crippen molar-refractivity contribution in [2.45, 2.75) is 69.9 Å². The number of nitrogens with one attached hydrogen (secondary N) is 1. The van der Waals surface area contributed by atoms with E-state index < -0.39 is 0 Å². The minimum atomic E-state index is -0.379. The van der Waals surface area contributed by atoms with Crippen LogP contribution in [0.15, 0.2) is 5.38 Å². The van der Waals surface area contributed by atoms with E-state index in [2.05, 4.69) is 5.32 Å². The first-order valence-electron chi connectivity index (χ1n) is 7.84. The molecular weight excluding hydrogens is 270 g/mol. The normalized spacial score (nSPS) is 26.6. The number of amides is 1. The van der Waals surface area contributed by atoms with Gasteiger partial charge in [-0.05, 0) is 44.1 Å². The van der Waals surface area contributed by atoms with Gasteiger partial charge in [-0.2, -0.15) is 0 Å². The maximum absolute atomic E-state index is 12.5. The zero-order chi connectivity index (χ0) is 13.9. The lowest BCUT2D eigenvalue weighted by molar-refractivity contribution is 0.0818. The third kappa shape index (κ3) is 2.91. The molecule has 1 aromatic rings. The van der Waals surface area contributed by atoms with Crippen LogP contribution < -0.4 is 5.32 Å². The molecule has 0 spiro atoms. The molecule has 4 heteroatoms. The Balaban J connectivity index is 1.71. The van der Waals surface area contributed by atoms with Gasteiger partial charge < -0.3 is 10.4 Å². The number of rotatable bonds is 2. The molecule has 3 rings (SSSR count). The highest BCUT2D eigenvalue weighted by molar-refractivity contribution is 7.10. The van der Waals surface area contributed by atoms with Crippen LogP contribution in [0.4, 0.5) is 0 Å². The van der Waals surface area contributed by atoms with E-state index in [0.717, 1.165) is 50.5 Å². The highest BCUT2D eigenvalue weighted by Crippen LogP contribution is 2.30. The first-order chi connectivity index (χ1) is 9.75. The van der Waals surface area contributed by atoms with Gasteiger partial charge in [0, 0.05) is 10.3 Å². The SMILES string of the molecule is O=C(NC1CCCCCC1O)c1csc2c1CCCC2. The summed E-state index contributed by atoms with van der Waals surface area (Å²) in [5, 5.41) is 15.2. The predicted octanol–water partition coefficient (Wildman–Crippen LogP) is 3.05. The van der Waals surface area contributed by atoms with E-state index >= 15 is 0 Å². The van der Waals surface area contributed by atoms with E-state index in [-0.39, 0.29) is 18.1 Å². The predicted molar refractivity (Wildman–Crippen MR) is 81.3 cm³/mol. The van der Waals surface area contributed by atoms with Gasteiger partial charge in [-0.15, -0.1) is 11.3 Å². The Morgan fingerprint density at radius 3 is 2.85 bits per heavy atom. The lowest BCUT2D eigenvalue weighted by atomic mass is 9.95. The number of aliphatic hydroxyl groups excluding tert-OH is 1. The van der Waals surface area contributed by atoms with Gasteiger partial charge in [0.15, 0.2) is 0 Å². The van der Waals surface area contributed by atoms with Gasteiger partial charge in [0.25, 0.3) is 5.91 Å². The molecule has 2 aliphatic carbocycles. The third-order valence-electron chi connectivity index (χ3n) is 4.60. The number of aliphatic hydroxyl groups is 1. The highest BCUT2D eigenvalue weighted by Gasteiger charge is 2.26. The molecule has 20 heavy (non-hydrogen) atoms. The Labute approximate surface area is 124 Å². The van der Waals surface area contributed by atoms with Crippen molar-refractivity contribution in [1.82, 2.24) is 5.32 Å². The van der Waals surface area contributed by atoms with Crippen LogP contribution in [-0.2, 0) is 12.8 Å². The molecule has 0 aliphatic heterocycles. The standard InChI is InChI=1S/C16H23NO2S/c18-14-8-3-1-2-7-13(14)17-16(19)12-10-20-15-9-5-4-6-11(12)15/h10,13-14,18H,1-9H2,(H,17,19). The van der Waals surface area contributed by atoms with E-state index in [1.807, 2.05) is 5.38 Å². The first-order valence-corrected chi connectivity index (χ1v) is 8.72. The number of carbonyl (C=O) groups is 1. The van der Waals surface area contributed by atoms with Crippen LogP contribution in [0, 0.1) is 0 Å². The second-order valence-electron chi connectivity index (χ2n) is 6.04. The van der Waals surface area contributed by atoms with Gasteiger partial charge in [0.2, 0.25) is 0 Å². The quantitative estimate of drug-likeness (QED) is 0.823. The molecule has 2 unspecified atom stereocenters. The summed E-state index contributed by atoms with van der Waals surface area (Å²) in [6.45, 7) is 0. The number of aryl methyl sites for hydroxylation is 1. The van der Waals surface area contributed by atoms with Crippen LogP contribution in [0.3, 0.4) is 0 Å². The fourth-order valence-corrected chi connectivity index (χ4v) is 4.51. The Morgan fingerprint density at radius 2 is 1.95 bits per heavy atom. The van der Waals surface area contributed by atoms with E-state index in [4.69, 9.17) is 0 Å². The maximum atomic E-state index is 12.5. The van der Waals surface area contributed by atoms with Crippen molar-refractivity contribution in [1.29, 1.82) is 0 Å². The van der Waals surface area contributed by atoms with Gasteiger partial charge in [-0.1, -0.05) is 19.3 Å². The summed E-state index contributed by atoms with van der Waals surface area (Å²) in [5.74, 6) is 0.0235. The molecule has 1 heterocycles. The van der Waals surface area contributed by atoms with Gasteiger partial charge in [-0.25, -0.2) is 0 Å². The molecule has 3 nitrogen and oxygen atoms in total. The Hall–Kier alpha value is -0.870. The average Bonchev–Trinajstić information content (AvgIpc) is 2.79. The number of carbonyl (C=O) groups excluding carboxylic acids is 1.